The van der Waals surface area contributed by atoms with Crippen molar-refractivity contribution in [2.24, 2.45) is 0 Å². The van der Waals surface area contributed by atoms with Crippen LogP contribution in [0.2, 0.25) is 0 Å². The van der Waals surface area contributed by atoms with Gasteiger partial charge in [0.05, 0.1) is 7.11 Å². The van der Waals surface area contributed by atoms with Crippen LogP contribution >= 0.6 is 8.03 Å². The van der Waals surface area contributed by atoms with Gasteiger partial charge in [0.2, 0.25) is 0 Å². The van der Waals surface area contributed by atoms with Gasteiger partial charge in [0.1, 0.15) is 5.75 Å². The second kappa shape index (κ2) is 4.54. The second-order valence-electron chi connectivity index (χ2n) is 3.30. The van der Waals surface area contributed by atoms with Crippen LogP contribution in [0.25, 0.3) is 0 Å². The fourth-order valence-corrected chi connectivity index (χ4v) is 1.65. The summed E-state index contributed by atoms with van der Waals surface area (Å²) in [6.07, 6.45) is 0. The third-order valence-electron chi connectivity index (χ3n) is 1.72. The van der Waals surface area contributed by atoms with E-state index >= 15 is 0 Å². The molecular formula is C10H14O3P+. The zero-order valence-electron chi connectivity index (χ0n) is 8.56. The minimum Gasteiger partial charge on any atom is -0.443 e. The lowest BCUT2D eigenvalue weighted by atomic mass is 10.3. The van der Waals surface area contributed by atoms with E-state index in [1.807, 2.05) is 30.3 Å². The molecule has 4 heteroatoms. The Balaban J connectivity index is 2.73. The maximum atomic E-state index is 11.4. The van der Waals surface area contributed by atoms with Crippen molar-refractivity contribution in [1.29, 1.82) is 0 Å². The summed E-state index contributed by atoms with van der Waals surface area (Å²) in [5.41, 5.74) is 0. The number of benzene rings is 1. The summed E-state index contributed by atoms with van der Waals surface area (Å²) >= 11 is 0. The zero-order chi connectivity index (χ0) is 10.6. The number of ether oxygens (including phenoxy) is 1. The van der Waals surface area contributed by atoms with Crippen molar-refractivity contribution in [2.75, 3.05) is 7.11 Å². The summed E-state index contributed by atoms with van der Waals surface area (Å²) in [4.78, 5) is 0. The molecule has 1 unspecified atom stereocenters. The monoisotopic (exact) mass is 213 g/mol. The average Bonchev–Trinajstić information content (AvgIpc) is 2.17. The molecule has 3 nitrogen and oxygen atoms in total. The van der Waals surface area contributed by atoms with E-state index in [2.05, 4.69) is 0 Å². The fourth-order valence-electron chi connectivity index (χ4n) is 1.03. The lowest BCUT2D eigenvalue weighted by Crippen LogP contribution is -2.23. The molecule has 0 saturated carbocycles. The minimum atomic E-state index is -1.82. The molecule has 0 aliphatic heterocycles. The maximum absolute atomic E-state index is 11.4. The van der Waals surface area contributed by atoms with Crippen LogP contribution < -0.4 is 4.74 Å². The predicted octanol–water partition coefficient (Wildman–Crippen LogP) is 3.19. The molecule has 0 fully saturated rings. The van der Waals surface area contributed by atoms with Gasteiger partial charge >= 0.3 is 13.4 Å². The average molecular weight is 213 g/mol. The topological polar surface area (TPSA) is 35.5 Å². The van der Waals surface area contributed by atoms with Crippen molar-refractivity contribution in [3.05, 3.63) is 30.3 Å². The molecule has 0 bridgehead atoms. The summed E-state index contributed by atoms with van der Waals surface area (Å²) < 4.78 is 21.8. The molecule has 0 spiro atoms. The summed E-state index contributed by atoms with van der Waals surface area (Å²) in [5, 5.41) is -0.800. The summed E-state index contributed by atoms with van der Waals surface area (Å²) in [7, 11) is -0.406. The van der Waals surface area contributed by atoms with Crippen LogP contribution in [0.1, 0.15) is 13.8 Å². The first kappa shape index (κ1) is 11.2. The zero-order valence-corrected chi connectivity index (χ0v) is 9.45. The molecule has 1 aromatic rings. The molecule has 0 radical (unpaired) electrons. The van der Waals surface area contributed by atoms with Crippen LogP contribution in [-0.4, -0.2) is 12.5 Å². The molecule has 14 heavy (non-hydrogen) atoms. The molecule has 0 aliphatic carbocycles. The third-order valence-corrected chi connectivity index (χ3v) is 3.02. The molecule has 1 rings (SSSR count). The lowest BCUT2D eigenvalue weighted by molar-refractivity contribution is 0.176. The Morgan fingerprint density at radius 3 is 2.29 bits per heavy atom. The molecule has 1 atom stereocenters. The van der Waals surface area contributed by atoms with E-state index in [0.717, 1.165) is 0 Å². The van der Waals surface area contributed by atoms with Gasteiger partial charge < -0.3 is 4.74 Å². The fraction of sp³-hybridized carbons (Fsp3) is 0.400. The van der Waals surface area contributed by atoms with E-state index in [1.165, 1.54) is 7.11 Å². The third kappa shape index (κ3) is 2.79. The summed E-state index contributed by atoms with van der Waals surface area (Å²) in [5.74, 6) is 0.693. The van der Waals surface area contributed by atoms with Crippen LogP contribution in [0.4, 0.5) is 0 Å². The number of para-hydroxylation sites is 1. The Bertz CT molecular complexity index is 308. The summed E-state index contributed by atoms with van der Waals surface area (Å²) in [6.45, 7) is 3.48. The molecule has 0 amide bonds. The smallest absolute Gasteiger partial charge is 0.443 e. The van der Waals surface area contributed by atoms with E-state index in [-0.39, 0.29) is 0 Å². The first-order valence-electron chi connectivity index (χ1n) is 4.32. The van der Waals surface area contributed by atoms with Gasteiger partial charge in [0.25, 0.3) is 0 Å². The highest BCUT2D eigenvalue weighted by Gasteiger charge is 2.43. The molecule has 76 valence electrons. The van der Waals surface area contributed by atoms with Crippen molar-refractivity contribution in [3.63, 3.8) is 0 Å². The lowest BCUT2D eigenvalue weighted by Gasteiger charge is -2.14. The van der Waals surface area contributed by atoms with Crippen molar-refractivity contribution in [3.8, 4) is 5.75 Å². The van der Waals surface area contributed by atoms with Crippen LogP contribution in [0.5, 0.6) is 5.75 Å². The first-order valence-corrected chi connectivity index (χ1v) is 5.49. The minimum absolute atomic E-state index is 0.693. The van der Waals surface area contributed by atoms with Gasteiger partial charge in [0.15, 0.2) is 0 Å². The highest BCUT2D eigenvalue weighted by atomic mass is 31.1. The van der Waals surface area contributed by atoms with Gasteiger partial charge in [-0.25, -0.2) is 0 Å². The van der Waals surface area contributed by atoms with Crippen molar-refractivity contribution < 1.29 is 13.8 Å². The Kier molecular flexibility index (Phi) is 3.62. The van der Waals surface area contributed by atoms with Crippen LogP contribution in [-0.2, 0) is 9.09 Å². The Morgan fingerprint density at radius 1 is 1.21 bits per heavy atom. The second-order valence-corrected chi connectivity index (χ2v) is 5.26. The molecular weight excluding hydrogens is 199 g/mol. The van der Waals surface area contributed by atoms with Crippen LogP contribution in [0.3, 0.4) is 0 Å². The SMILES string of the molecule is CO[P+](=O)C(C)(C)Oc1ccccc1. The van der Waals surface area contributed by atoms with Gasteiger partial charge in [-0.15, -0.1) is 4.52 Å². The van der Waals surface area contributed by atoms with Gasteiger partial charge in [-0.1, -0.05) is 18.2 Å². The normalized spacial score (nSPS) is 12.4. The molecule has 0 aliphatic rings. The van der Waals surface area contributed by atoms with E-state index in [1.54, 1.807) is 13.8 Å². The summed E-state index contributed by atoms with van der Waals surface area (Å²) in [6, 6.07) is 9.27. The highest BCUT2D eigenvalue weighted by Crippen LogP contribution is 2.40. The molecule has 0 aromatic heterocycles. The maximum Gasteiger partial charge on any atom is 0.555 e. The van der Waals surface area contributed by atoms with E-state index in [4.69, 9.17) is 9.26 Å². The van der Waals surface area contributed by atoms with Gasteiger partial charge in [-0.2, -0.15) is 0 Å². The highest BCUT2D eigenvalue weighted by molar-refractivity contribution is 7.40. The molecule has 0 heterocycles. The Hall–Kier alpha value is -0.920. The largest absolute Gasteiger partial charge is 0.555 e. The molecule has 0 N–H and O–H groups in total. The van der Waals surface area contributed by atoms with Gasteiger partial charge in [-0.3, -0.25) is 0 Å². The number of hydrogen-bond acceptors (Lipinski definition) is 3. The Morgan fingerprint density at radius 2 is 1.79 bits per heavy atom. The van der Waals surface area contributed by atoms with Crippen molar-refractivity contribution >= 4 is 8.03 Å². The van der Waals surface area contributed by atoms with Gasteiger partial charge in [-0.05, 0) is 16.7 Å². The van der Waals surface area contributed by atoms with E-state index in [0.29, 0.717) is 5.75 Å². The molecule has 0 saturated heterocycles. The van der Waals surface area contributed by atoms with Gasteiger partial charge in [0, 0.05) is 13.8 Å². The van der Waals surface area contributed by atoms with Crippen LogP contribution in [0.15, 0.2) is 30.3 Å². The first-order chi connectivity index (χ1) is 6.56. The van der Waals surface area contributed by atoms with E-state index in [9.17, 15) is 4.57 Å². The Labute approximate surface area is 84.9 Å². The van der Waals surface area contributed by atoms with Crippen molar-refractivity contribution in [2.45, 2.75) is 19.2 Å². The molecule has 1 aromatic carbocycles. The van der Waals surface area contributed by atoms with E-state index < -0.39 is 13.4 Å². The standard InChI is InChI=1S/C10H14O3P/c1-10(2,14(11)12-3)13-9-7-5-4-6-8-9/h4-8H,1-3H3/q+1. The predicted molar refractivity (Wildman–Crippen MR) is 55.8 cm³/mol. The van der Waals surface area contributed by atoms with Crippen molar-refractivity contribution in [1.82, 2.24) is 0 Å². The van der Waals surface area contributed by atoms with Crippen LogP contribution in [0, 0.1) is 0 Å². The number of rotatable bonds is 4. The number of hydrogen-bond donors (Lipinski definition) is 0. The quantitative estimate of drug-likeness (QED) is 0.720.